The van der Waals surface area contributed by atoms with Crippen molar-refractivity contribution in [3.63, 3.8) is 0 Å². The van der Waals surface area contributed by atoms with Gasteiger partial charge in [-0.25, -0.2) is 13.1 Å². The zero-order valence-corrected chi connectivity index (χ0v) is 12.1. The van der Waals surface area contributed by atoms with E-state index < -0.39 is 10.0 Å². The van der Waals surface area contributed by atoms with Crippen molar-refractivity contribution in [2.24, 2.45) is 0 Å². The normalized spacial score (nSPS) is 13.8. The number of halogens is 2. The lowest BCUT2D eigenvalue weighted by molar-refractivity contribution is 0.572. The van der Waals surface area contributed by atoms with Crippen molar-refractivity contribution >= 4 is 41.9 Å². The second kappa shape index (κ2) is 5.43. The molecule has 0 aliphatic carbocycles. The Kier molecular flexibility index (Phi) is 4.76. The highest BCUT2D eigenvalue weighted by molar-refractivity contribution is 9.10. The molecule has 0 unspecified atom stereocenters. The van der Waals surface area contributed by atoms with E-state index in [-0.39, 0.29) is 10.7 Å². The lowest BCUT2D eigenvalue weighted by Gasteiger charge is -2.13. The molecule has 6 heteroatoms. The molecule has 84 valence electrons. The van der Waals surface area contributed by atoms with Gasteiger partial charge in [-0.1, -0.05) is 44.0 Å². The van der Waals surface area contributed by atoms with Crippen molar-refractivity contribution in [2.75, 3.05) is 4.66 Å². The number of benzene rings is 1. The highest BCUT2D eigenvalue weighted by atomic mass is 79.9. The van der Waals surface area contributed by atoms with Crippen molar-refractivity contribution in [3.05, 3.63) is 34.3 Å². The van der Waals surface area contributed by atoms with Crippen molar-refractivity contribution in [2.45, 2.75) is 13.0 Å². The molecule has 3 nitrogen and oxygen atoms in total. The van der Waals surface area contributed by atoms with Crippen LogP contribution in [-0.4, -0.2) is 13.1 Å². The van der Waals surface area contributed by atoms with Crippen LogP contribution in [0.25, 0.3) is 0 Å². The molecule has 0 spiro atoms. The van der Waals surface area contributed by atoms with Gasteiger partial charge >= 0.3 is 0 Å². The molecule has 0 heterocycles. The number of alkyl halides is 1. The molecule has 0 aliphatic heterocycles. The largest absolute Gasteiger partial charge is 0.222 e. The summed E-state index contributed by atoms with van der Waals surface area (Å²) < 4.78 is 26.0. The van der Waals surface area contributed by atoms with E-state index in [4.69, 9.17) is 0 Å². The fourth-order valence-electron chi connectivity index (χ4n) is 1.14. The summed E-state index contributed by atoms with van der Waals surface area (Å²) in [6.45, 7) is 1.81. The van der Waals surface area contributed by atoms with E-state index in [0.717, 1.165) is 10.0 Å². The van der Waals surface area contributed by atoms with Gasteiger partial charge in [0.15, 0.2) is 0 Å². The molecule has 1 atom stereocenters. The Morgan fingerprint density at radius 3 is 2.67 bits per heavy atom. The standard InChI is InChI=1S/C9H11Br2NO2S/c1-7(12-15(13,14)6-10)8-3-2-4-9(11)5-8/h2-5,7,12H,6H2,1H3/t7-/m0/s1. The first kappa shape index (κ1) is 13.2. The molecule has 0 aliphatic rings. The van der Waals surface area contributed by atoms with Crippen LogP contribution >= 0.6 is 31.9 Å². The summed E-state index contributed by atoms with van der Waals surface area (Å²) in [6, 6.07) is 7.31. The van der Waals surface area contributed by atoms with Crippen LogP contribution in [0, 0.1) is 0 Å². The summed E-state index contributed by atoms with van der Waals surface area (Å²) in [5.41, 5.74) is 0.925. The minimum atomic E-state index is -3.23. The molecule has 0 aromatic heterocycles. The Labute approximate surface area is 107 Å². The molecular weight excluding hydrogens is 346 g/mol. The SMILES string of the molecule is C[C@H](NS(=O)(=O)CBr)c1cccc(Br)c1. The van der Waals surface area contributed by atoms with Crippen molar-refractivity contribution < 1.29 is 8.42 Å². The van der Waals surface area contributed by atoms with E-state index in [1.54, 1.807) is 0 Å². The van der Waals surface area contributed by atoms with Crippen LogP contribution < -0.4 is 4.72 Å². The molecule has 0 saturated heterocycles. The lowest BCUT2D eigenvalue weighted by Crippen LogP contribution is -2.27. The van der Waals surface area contributed by atoms with E-state index in [1.807, 2.05) is 31.2 Å². The van der Waals surface area contributed by atoms with Gasteiger partial charge in [-0.05, 0) is 24.6 Å². The average molecular weight is 357 g/mol. The van der Waals surface area contributed by atoms with Crippen molar-refractivity contribution in [1.29, 1.82) is 0 Å². The predicted octanol–water partition coefficient (Wildman–Crippen LogP) is 2.78. The van der Waals surface area contributed by atoms with Gasteiger partial charge in [0.25, 0.3) is 0 Å². The minimum Gasteiger partial charge on any atom is -0.212 e. The zero-order valence-electron chi connectivity index (χ0n) is 8.07. The minimum absolute atomic E-state index is 0.0850. The molecule has 0 amide bonds. The molecule has 15 heavy (non-hydrogen) atoms. The third-order valence-corrected chi connectivity index (χ3v) is 5.15. The third kappa shape index (κ3) is 4.22. The Morgan fingerprint density at radius 2 is 2.13 bits per heavy atom. The monoisotopic (exact) mass is 355 g/mol. The summed E-state index contributed by atoms with van der Waals surface area (Å²) in [5, 5.41) is 0. The van der Waals surface area contributed by atoms with Gasteiger partial charge in [0.2, 0.25) is 10.0 Å². The maximum atomic E-state index is 11.3. The van der Waals surface area contributed by atoms with Gasteiger partial charge < -0.3 is 0 Å². The van der Waals surface area contributed by atoms with Crippen LogP contribution in [0.4, 0.5) is 0 Å². The second-order valence-corrected chi connectivity index (χ2v) is 7.09. The van der Waals surface area contributed by atoms with Crippen molar-refractivity contribution in [3.8, 4) is 0 Å². The summed E-state index contributed by atoms with van der Waals surface area (Å²) in [6.07, 6.45) is 0. The first-order chi connectivity index (χ1) is 6.94. The Balaban J connectivity index is 2.82. The molecule has 0 radical (unpaired) electrons. The maximum absolute atomic E-state index is 11.3. The Bertz CT molecular complexity index is 433. The number of sulfonamides is 1. The predicted molar refractivity (Wildman–Crippen MR) is 68.4 cm³/mol. The molecule has 1 rings (SSSR count). The van der Waals surface area contributed by atoms with Gasteiger partial charge in [0.05, 0.1) is 0 Å². The smallest absolute Gasteiger partial charge is 0.212 e. The van der Waals surface area contributed by atoms with Gasteiger partial charge in [-0.2, -0.15) is 0 Å². The highest BCUT2D eigenvalue weighted by Gasteiger charge is 2.13. The summed E-state index contributed by atoms with van der Waals surface area (Å²) in [7, 11) is -3.23. The van der Waals surface area contributed by atoms with Gasteiger partial charge in [-0.15, -0.1) is 0 Å². The maximum Gasteiger partial charge on any atom is 0.222 e. The molecule has 1 N–H and O–H groups in total. The molecule has 0 saturated carbocycles. The first-order valence-electron chi connectivity index (χ1n) is 4.26. The van der Waals surface area contributed by atoms with Crippen molar-refractivity contribution in [1.82, 2.24) is 4.72 Å². The number of nitrogens with one attached hydrogen (secondary N) is 1. The van der Waals surface area contributed by atoms with Gasteiger partial charge in [-0.3, -0.25) is 0 Å². The Morgan fingerprint density at radius 1 is 1.47 bits per heavy atom. The van der Waals surface area contributed by atoms with Gasteiger partial charge in [0, 0.05) is 10.5 Å². The van der Waals surface area contributed by atoms with Crippen LogP contribution in [0.5, 0.6) is 0 Å². The quantitative estimate of drug-likeness (QED) is 0.843. The van der Waals surface area contributed by atoms with E-state index in [9.17, 15) is 8.42 Å². The fourth-order valence-corrected chi connectivity index (χ4v) is 2.70. The Hall–Kier alpha value is 0.0900. The van der Waals surface area contributed by atoms with Crippen LogP contribution in [0.15, 0.2) is 28.7 Å². The third-order valence-electron chi connectivity index (χ3n) is 1.85. The van der Waals surface area contributed by atoms with E-state index in [1.165, 1.54) is 0 Å². The summed E-state index contributed by atoms with van der Waals surface area (Å²) in [4.78, 5) is 0. The molecule has 1 aromatic carbocycles. The molecule has 0 fully saturated rings. The lowest BCUT2D eigenvalue weighted by atomic mass is 10.1. The number of rotatable bonds is 4. The molecule has 1 aromatic rings. The first-order valence-corrected chi connectivity index (χ1v) is 7.83. The van der Waals surface area contributed by atoms with E-state index in [2.05, 4.69) is 36.6 Å². The summed E-state index contributed by atoms with van der Waals surface area (Å²) >= 11 is 6.27. The van der Waals surface area contributed by atoms with Crippen LogP contribution in [-0.2, 0) is 10.0 Å². The number of hydrogen-bond donors (Lipinski definition) is 1. The molecular formula is C9H11Br2NO2S. The number of hydrogen-bond acceptors (Lipinski definition) is 2. The van der Waals surface area contributed by atoms with Crippen LogP contribution in [0.3, 0.4) is 0 Å². The molecule has 0 bridgehead atoms. The van der Waals surface area contributed by atoms with E-state index in [0.29, 0.717) is 0 Å². The second-order valence-electron chi connectivity index (χ2n) is 3.12. The van der Waals surface area contributed by atoms with E-state index >= 15 is 0 Å². The summed E-state index contributed by atoms with van der Waals surface area (Å²) in [5.74, 6) is 0. The van der Waals surface area contributed by atoms with Crippen LogP contribution in [0.1, 0.15) is 18.5 Å². The average Bonchev–Trinajstić information content (AvgIpc) is 2.17. The zero-order chi connectivity index (χ0) is 11.5. The van der Waals surface area contributed by atoms with Crippen LogP contribution in [0.2, 0.25) is 0 Å². The highest BCUT2D eigenvalue weighted by Crippen LogP contribution is 2.18. The van der Waals surface area contributed by atoms with Gasteiger partial charge in [0.1, 0.15) is 4.66 Å². The topological polar surface area (TPSA) is 46.2 Å². The fraction of sp³-hybridized carbons (Fsp3) is 0.333.